The summed E-state index contributed by atoms with van der Waals surface area (Å²) in [5, 5.41) is 3.78. The SMILES string of the molecule is COC1(c2noc(C(C)Cl)n2)CCC(C)CC1. The van der Waals surface area contributed by atoms with Gasteiger partial charge in [0.2, 0.25) is 11.7 Å². The van der Waals surface area contributed by atoms with E-state index < -0.39 is 0 Å². The number of aromatic nitrogens is 2. The van der Waals surface area contributed by atoms with Crippen LogP contribution in [0.4, 0.5) is 0 Å². The Morgan fingerprint density at radius 3 is 2.59 bits per heavy atom. The van der Waals surface area contributed by atoms with Gasteiger partial charge in [-0.1, -0.05) is 12.1 Å². The molecule has 1 aromatic rings. The molecule has 1 aliphatic carbocycles. The third kappa shape index (κ3) is 2.47. The van der Waals surface area contributed by atoms with E-state index in [1.807, 2.05) is 6.92 Å². The topological polar surface area (TPSA) is 48.2 Å². The zero-order valence-corrected chi connectivity index (χ0v) is 11.3. The Morgan fingerprint density at radius 2 is 2.12 bits per heavy atom. The van der Waals surface area contributed by atoms with Crippen LogP contribution in [0.15, 0.2) is 4.52 Å². The zero-order valence-electron chi connectivity index (χ0n) is 10.6. The van der Waals surface area contributed by atoms with E-state index in [4.69, 9.17) is 20.9 Å². The second-order valence-electron chi connectivity index (χ2n) is 4.95. The number of ether oxygens (including phenoxy) is 1. The van der Waals surface area contributed by atoms with Crippen LogP contribution in [0.5, 0.6) is 0 Å². The van der Waals surface area contributed by atoms with E-state index in [2.05, 4.69) is 17.1 Å². The van der Waals surface area contributed by atoms with Gasteiger partial charge in [0.1, 0.15) is 11.0 Å². The summed E-state index contributed by atoms with van der Waals surface area (Å²) >= 11 is 5.93. The van der Waals surface area contributed by atoms with Gasteiger partial charge in [0.05, 0.1) is 0 Å². The van der Waals surface area contributed by atoms with Crippen molar-refractivity contribution < 1.29 is 9.26 Å². The van der Waals surface area contributed by atoms with E-state index in [1.165, 1.54) is 0 Å². The first-order valence-corrected chi connectivity index (χ1v) is 6.54. The van der Waals surface area contributed by atoms with Crippen molar-refractivity contribution in [2.75, 3.05) is 7.11 Å². The van der Waals surface area contributed by atoms with Crippen LogP contribution in [0.3, 0.4) is 0 Å². The molecule has 96 valence electrons. The first kappa shape index (κ1) is 12.8. The first-order chi connectivity index (χ1) is 8.07. The van der Waals surface area contributed by atoms with E-state index >= 15 is 0 Å². The number of alkyl halides is 1. The quantitative estimate of drug-likeness (QED) is 0.780. The van der Waals surface area contributed by atoms with Crippen LogP contribution in [0.2, 0.25) is 0 Å². The maximum Gasteiger partial charge on any atom is 0.244 e. The van der Waals surface area contributed by atoms with Crippen LogP contribution in [0.1, 0.15) is 56.6 Å². The van der Waals surface area contributed by atoms with Gasteiger partial charge in [-0.05, 0) is 38.5 Å². The minimum absolute atomic E-state index is 0.257. The summed E-state index contributed by atoms with van der Waals surface area (Å²) in [7, 11) is 1.72. The smallest absolute Gasteiger partial charge is 0.244 e. The molecule has 0 amide bonds. The lowest BCUT2D eigenvalue weighted by Crippen LogP contribution is -2.34. The van der Waals surface area contributed by atoms with Crippen LogP contribution >= 0.6 is 11.6 Å². The van der Waals surface area contributed by atoms with Crippen molar-refractivity contribution in [2.45, 2.75) is 50.5 Å². The summed E-state index contributed by atoms with van der Waals surface area (Å²) < 4.78 is 10.8. The molecule has 0 radical (unpaired) electrons. The summed E-state index contributed by atoms with van der Waals surface area (Å²) in [6.45, 7) is 4.09. The van der Waals surface area contributed by atoms with Gasteiger partial charge in [-0.15, -0.1) is 11.6 Å². The lowest BCUT2D eigenvalue weighted by Gasteiger charge is -2.35. The van der Waals surface area contributed by atoms with Gasteiger partial charge in [0.15, 0.2) is 0 Å². The highest BCUT2D eigenvalue weighted by Crippen LogP contribution is 2.41. The molecule has 0 spiro atoms. The van der Waals surface area contributed by atoms with Crippen molar-refractivity contribution in [1.29, 1.82) is 0 Å². The normalized spacial score (nSPS) is 31.4. The minimum atomic E-state index is -0.375. The Balaban J connectivity index is 2.22. The zero-order chi connectivity index (χ0) is 12.5. The molecule has 1 saturated carbocycles. The Morgan fingerprint density at radius 1 is 1.47 bits per heavy atom. The van der Waals surface area contributed by atoms with Crippen LogP contribution < -0.4 is 0 Å². The summed E-state index contributed by atoms with van der Waals surface area (Å²) in [5.41, 5.74) is -0.375. The molecule has 0 saturated heterocycles. The molecule has 1 atom stereocenters. The maximum atomic E-state index is 5.93. The van der Waals surface area contributed by atoms with Gasteiger partial charge >= 0.3 is 0 Å². The molecule has 0 aliphatic heterocycles. The number of hydrogen-bond donors (Lipinski definition) is 0. The average Bonchev–Trinajstić information content (AvgIpc) is 2.81. The predicted molar refractivity (Wildman–Crippen MR) is 64.9 cm³/mol. The molecule has 0 bridgehead atoms. The monoisotopic (exact) mass is 258 g/mol. The number of hydrogen-bond acceptors (Lipinski definition) is 4. The lowest BCUT2D eigenvalue weighted by molar-refractivity contribution is -0.0609. The first-order valence-electron chi connectivity index (χ1n) is 6.11. The summed E-state index contributed by atoms with van der Waals surface area (Å²) in [5.74, 6) is 1.86. The van der Waals surface area contributed by atoms with Crippen LogP contribution in [-0.2, 0) is 10.3 Å². The third-order valence-electron chi connectivity index (χ3n) is 3.66. The number of nitrogens with zero attached hydrogens (tertiary/aromatic N) is 2. The van der Waals surface area contributed by atoms with Crippen LogP contribution in [-0.4, -0.2) is 17.3 Å². The highest BCUT2D eigenvalue weighted by atomic mass is 35.5. The van der Waals surface area contributed by atoms with Gasteiger partial charge in [0, 0.05) is 7.11 Å². The largest absolute Gasteiger partial charge is 0.370 e. The second-order valence-corrected chi connectivity index (χ2v) is 5.61. The Bertz CT molecular complexity index is 370. The number of halogens is 1. The van der Waals surface area contributed by atoms with Gasteiger partial charge in [-0.25, -0.2) is 0 Å². The molecular weight excluding hydrogens is 240 g/mol. The van der Waals surface area contributed by atoms with Crippen molar-refractivity contribution in [3.63, 3.8) is 0 Å². The molecule has 1 aliphatic rings. The highest BCUT2D eigenvalue weighted by molar-refractivity contribution is 6.20. The highest BCUT2D eigenvalue weighted by Gasteiger charge is 2.40. The standard InChI is InChI=1S/C12H19ClN2O2/c1-8-4-6-12(16-3,7-5-8)11-14-10(9(2)13)17-15-11/h8-9H,4-7H2,1-3H3. The molecule has 0 aromatic carbocycles. The fraction of sp³-hybridized carbons (Fsp3) is 0.833. The van der Waals surface area contributed by atoms with Crippen molar-refractivity contribution in [2.24, 2.45) is 5.92 Å². The predicted octanol–water partition coefficient (Wildman–Crippen LogP) is 3.42. The van der Waals surface area contributed by atoms with E-state index in [-0.39, 0.29) is 11.0 Å². The maximum absolute atomic E-state index is 5.93. The van der Waals surface area contributed by atoms with E-state index in [9.17, 15) is 0 Å². The van der Waals surface area contributed by atoms with Crippen molar-refractivity contribution >= 4 is 11.6 Å². The molecule has 1 unspecified atom stereocenters. The number of methoxy groups -OCH3 is 1. The lowest BCUT2D eigenvalue weighted by atomic mass is 9.79. The van der Waals surface area contributed by atoms with Crippen LogP contribution in [0, 0.1) is 5.92 Å². The Kier molecular flexibility index (Phi) is 3.73. The molecule has 5 heteroatoms. The van der Waals surface area contributed by atoms with Crippen molar-refractivity contribution in [1.82, 2.24) is 10.1 Å². The van der Waals surface area contributed by atoms with Gasteiger partial charge in [-0.3, -0.25) is 0 Å². The van der Waals surface area contributed by atoms with E-state index in [0.717, 1.165) is 31.6 Å². The third-order valence-corrected chi connectivity index (χ3v) is 3.85. The molecule has 2 rings (SSSR count). The Hall–Kier alpha value is -0.610. The molecular formula is C12H19ClN2O2. The number of rotatable bonds is 3. The molecule has 0 N–H and O–H groups in total. The molecule has 1 aromatic heterocycles. The summed E-state index contributed by atoms with van der Waals surface area (Å²) in [6, 6.07) is 0. The fourth-order valence-corrected chi connectivity index (χ4v) is 2.42. The molecule has 1 heterocycles. The van der Waals surface area contributed by atoms with E-state index in [0.29, 0.717) is 11.7 Å². The molecule has 1 fully saturated rings. The molecule has 17 heavy (non-hydrogen) atoms. The van der Waals surface area contributed by atoms with E-state index in [1.54, 1.807) is 7.11 Å². The minimum Gasteiger partial charge on any atom is -0.370 e. The van der Waals surface area contributed by atoms with Crippen LogP contribution in [0.25, 0.3) is 0 Å². The van der Waals surface area contributed by atoms with Crippen molar-refractivity contribution in [3.8, 4) is 0 Å². The molecule has 4 nitrogen and oxygen atoms in total. The van der Waals surface area contributed by atoms with Gasteiger partial charge in [0.25, 0.3) is 0 Å². The van der Waals surface area contributed by atoms with Crippen molar-refractivity contribution in [3.05, 3.63) is 11.7 Å². The van der Waals surface area contributed by atoms with Gasteiger partial charge in [-0.2, -0.15) is 4.98 Å². The fourth-order valence-electron chi connectivity index (χ4n) is 2.33. The van der Waals surface area contributed by atoms with Gasteiger partial charge < -0.3 is 9.26 Å². The second kappa shape index (κ2) is 4.94. The summed E-state index contributed by atoms with van der Waals surface area (Å²) in [4.78, 5) is 4.37. The average molecular weight is 259 g/mol. The summed E-state index contributed by atoms with van der Waals surface area (Å²) in [6.07, 6.45) is 4.16. The Labute approximate surface area is 107 Å².